The number of carbonyl (C=O) groups is 1. The highest BCUT2D eigenvalue weighted by Crippen LogP contribution is 2.22. The summed E-state index contributed by atoms with van der Waals surface area (Å²) in [6.45, 7) is -0.943. The molecule has 3 rings (SSSR count). The Hall–Kier alpha value is -2.95. The fraction of sp³-hybridized carbons (Fsp3) is 0.240. The number of rotatable bonds is 9. The van der Waals surface area contributed by atoms with Crippen molar-refractivity contribution in [1.29, 1.82) is 0 Å². The fourth-order valence-electron chi connectivity index (χ4n) is 2.77. The number of carboxylic acid groups (broad SMARTS) is 1. The van der Waals surface area contributed by atoms with Gasteiger partial charge >= 0.3 is 5.97 Å². The van der Waals surface area contributed by atoms with Gasteiger partial charge in [0.2, 0.25) is 0 Å². The highest BCUT2D eigenvalue weighted by Gasteiger charge is 2.07. The number of aromatic carboxylic acids is 1. The molecule has 0 amide bonds. The molecule has 0 aliphatic heterocycles. The number of hydrogen-bond donors (Lipinski definition) is 3. The predicted octanol–water partition coefficient (Wildman–Crippen LogP) is 4.62. The van der Waals surface area contributed by atoms with Gasteiger partial charge in [-0.2, -0.15) is 0 Å². The highest BCUT2D eigenvalue weighted by molar-refractivity contribution is 5.89. The van der Waals surface area contributed by atoms with Gasteiger partial charge in [0.1, 0.15) is 0 Å². The number of aliphatic hydroxyl groups is 1. The average Bonchev–Trinajstić information content (AvgIpc) is 2.81. The third kappa shape index (κ3) is 6.01. The molecule has 3 aromatic carbocycles. The van der Waals surface area contributed by atoms with Crippen molar-refractivity contribution in [2.75, 3.05) is 13.0 Å². The summed E-state index contributed by atoms with van der Waals surface area (Å²) in [7, 11) is 0. The number of aryl methyl sites for hydroxylation is 2. The maximum atomic E-state index is 11.6. The molecule has 4 nitrogen and oxygen atoms in total. The largest absolute Gasteiger partial charge is 0.478 e. The summed E-state index contributed by atoms with van der Waals surface area (Å²) in [5, 5.41) is 22.4. The molecule has 29 heavy (non-hydrogen) atoms. The van der Waals surface area contributed by atoms with Gasteiger partial charge in [-0.15, -0.1) is 0 Å². The fourth-order valence-corrected chi connectivity index (χ4v) is 2.77. The Kier molecular flexibility index (Phi) is 4.34. The first-order chi connectivity index (χ1) is 17.1. The third-order valence-corrected chi connectivity index (χ3v) is 4.19. The topological polar surface area (TPSA) is 69.6 Å². The van der Waals surface area contributed by atoms with E-state index in [1.807, 2.05) is 13.0 Å². The second kappa shape index (κ2) is 10.0. The van der Waals surface area contributed by atoms with Crippen LogP contribution in [0.4, 0.5) is 0 Å². The summed E-state index contributed by atoms with van der Waals surface area (Å²) in [6, 6.07) is 10.5. The number of carboxylic acids is 1. The van der Waals surface area contributed by atoms with E-state index in [-0.39, 0.29) is 17.5 Å². The van der Waals surface area contributed by atoms with E-state index < -0.39 is 61.2 Å². The van der Waals surface area contributed by atoms with Crippen LogP contribution in [0.25, 0.3) is 11.1 Å². The van der Waals surface area contributed by atoms with Gasteiger partial charge in [0, 0.05) is 12.0 Å². The third-order valence-electron chi connectivity index (χ3n) is 4.19. The van der Waals surface area contributed by atoms with Crippen LogP contribution < -0.4 is 5.32 Å². The molecule has 3 aromatic rings. The first-order valence-electron chi connectivity index (χ1n) is 13.1. The molecule has 0 saturated carbocycles. The van der Waals surface area contributed by atoms with Crippen molar-refractivity contribution in [2.45, 2.75) is 25.8 Å². The zero-order valence-electron chi connectivity index (χ0n) is 23.9. The molecule has 0 aromatic heterocycles. The summed E-state index contributed by atoms with van der Waals surface area (Å²) < 4.78 is 65.4. The van der Waals surface area contributed by atoms with Crippen LogP contribution in [-0.4, -0.2) is 29.2 Å². The van der Waals surface area contributed by atoms with E-state index in [0.717, 1.165) is 5.56 Å². The number of nitrogens with one attached hydrogen (secondary N) is 1. The molecule has 0 saturated heterocycles. The Bertz CT molecular complexity index is 1330. The van der Waals surface area contributed by atoms with Crippen molar-refractivity contribution in [3.05, 3.63) is 95.0 Å². The highest BCUT2D eigenvalue weighted by atomic mass is 16.4. The van der Waals surface area contributed by atoms with Gasteiger partial charge in [0.25, 0.3) is 0 Å². The lowest BCUT2D eigenvalue weighted by atomic mass is 9.99. The lowest BCUT2D eigenvalue weighted by Crippen LogP contribution is -2.22. The Morgan fingerprint density at radius 1 is 1.17 bits per heavy atom. The van der Waals surface area contributed by atoms with Crippen LogP contribution in [0.3, 0.4) is 0 Å². The van der Waals surface area contributed by atoms with Gasteiger partial charge in [-0.3, -0.25) is 0 Å². The minimum Gasteiger partial charge on any atom is -0.478 e. The Morgan fingerprint density at radius 2 is 2.00 bits per heavy atom. The van der Waals surface area contributed by atoms with Gasteiger partial charge in [-0.1, -0.05) is 66.2 Å². The molecule has 0 radical (unpaired) electrons. The zero-order chi connectivity index (χ0) is 27.7. The molecule has 1 atom stereocenters. The molecule has 0 fully saturated rings. The van der Waals surface area contributed by atoms with Gasteiger partial charge in [0.05, 0.1) is 17.2 Å². The molecular formula is C25H27NO3. The quantitative estimate of drug-likeness (QED) is 0.493. The van der Waals surface area contributed by atoms with E-state index in [0.29, 0.717) is 11.1 Å². The van der Waals surface area contributed by atoms with E-state index >= 15 is 0 Å². The SMILES string of the molecule is [2H]c1c([2H])c(C(=O)O)c([2H])c(-c2cccc(CC([2H])([2H])CNC([2H])([2H])[C@H](O)c3cccc(C)c3)c2)c1[2H]. The minimum atomic E-state index is -2.32. The summed E-state index contributed by atoms with van der Waals surface area (Å²) in [5.74, 6) is -1.55. The van der Waals surface area contributed by atoms with E-state index in [2.05, 4.69) is 5.32 Å². The van der Waals surface area contributed by atoms with E-state index in [4.69, 9.17) is 11.0 Å². The van der Waals surface area contributed by atoms with Crippen molar-refractivity contribution in [3.63, 3.8) is 0 Å². The minimum absolute atomic E-state index is 0.142. The second-order valence-corrected chi connectivity index (χ2v) is 6.50. The maximum Gasteiger partial charge on any atom is 0.335 e. The predicted molar refractivity (Wildman–Crippen MR) is 116 cm³/mol. The molecule has 4 heteroatoms. The van der Waals surface area contributed by atoms with Crippen LogP contribution in [0.1, 0.15) is 50.5 Å². The summed E-state index contributed by atoms with van der Waals surface area (Å²) >= 11 is 0. The Labute approximate surface area is 183 Å². The summed E-state index contributed by atoms with van der Waals surface area (Å²) in [5.41, 5.74) is 1.04. The molecule has 3 N–H and O–H groups in total. The first kappa shape index (κ1) is 12.6. The van der Waals surface area contributed by atoms with Crippen LogP contribution >= 0.6 is 0 Å². The molecule has 0 heterocycles. The Morgan fingerprint density at radius 3 is 2.79 bits per heavy atom. The van der Waals surface area contributed by atoms with Crippen LogP contribution in [0.15, 0.2) is 72.7 Å². The maximum absolute atomic E-state index is 11.6. The van der Waals surface area contributed by atoms with Crippen LogP contribution in [0.5, 0.6) is 0 Å². The van der Waals surface area contributed by atoms with E-state index in [1.165, 1.54) is 12.1 Å². The van der Waals surface area contributed by atoms with Gasteiger partial charge in [0.15, 0.2) is 0 Å². The molecule has 0 bridgehead atoms. The van der Waals surface area contributed by atoms with Crippen LogP contribution in [-0.2, 0) is 6.42 Å². The smallest absolute Gasteiger partial charge is 0.335 e. The van der Waals surface area contributed by atoms with Gasteiger partial charge in [-0.25, -0.2) is 4.79 Å². The number of benzene rings is 3. The van der Waals surface area contributed by atoms with E-state index in [9.17, 15) is 15.0 Å². The molecule has 0 aliphatic rings. The van der Waals surface area contributed by atoms with Gasteiger partial charge < -0.3 is 15.5 Å². The lowest BCUT2D eigenvalue weighted by molar-refractivity contribution is 0.0697. The first-order valence-corrected chi connectivity index (χ1v) is 9.07. The zero-order valence-corrected chi connectivity index (χ0v) is 15.9. The van der Waals surface area contributed by atoms with Gasteiger partial charge in [-0.05, 0) is 60.6 Å². The summed E-state index contributed by atoms with van der Waals surface area (Å²) in [4.78, 5) is 11.6. The van der Waals surface area contributed by atoms with Crippen molar-refractivity contribution in [2.24, 2.45) is 0 Å². The van der Waals surface area contributed by atoms with Crippen molar-refractivity contribution in [1.82, 2.24) is 5.32 Å². The van der Waals surface area contributed by atoms with Crippen LogP contribution in [0, 0.1) is 6.92 Å². The van der Waals surface area contributed by atoms with Crippen LogP contribution in [0.2, 0.25) is 0 Å². The molecule has 0 spiro atoms. The molecule has 0 aliphatic carbocycles. The second-order valence-electron chi connectivity index (χ2n) is 6.50. The summed E-state index contributed by atoms with van der Waals surface area (Å²) in [6.07, 6.45) is -3.69. The van der Waals surface area contributed by atoms with E-state index in [1.54, 1.807) is 30.3 Å². The number of aliphatic hydroxyl groups excluding tert-OH is 1. The van der Waals surface area contributed by atoms with Crippen molar-refractivity contribution in [3.8, 4) is 11.1 Å². The standard InChI is InChI=1S/C25H27NO3/c1-18-6-2-11-22(14-18)24(27)17-26-13-5-8-19-7-3-9-20(15-19)21-10-4-12-23(16-21)25(28)29/h2-4,6-7,9-12,14-16,24,26-27H,5,8,13,17H2,1H3,(H,28,29)/t24-/m0/s1/i4D,5D2,10D,12D,16D,17D2. The monoisotopic (exact) mass is 397 g/mol. The average molecular weight is 398 g/mol. The normalized spacial score (nSPS) is 16.9. The van der Waals surface area contributed by atoms with Crippen molar-refractivity contribution >= 4 is 5.97 Å². The van der Waals surface area contributed by atoms with Crippen molar-refractivity contribution < 1.29 is 26.0 Å². The Balaban J connectivity index is 1.83. The molecule has 0 unspecified atom stereocenters. The molecule has 150 valence electrons. The number of hydrogen-bond acceptors (Lipinski definition) is 3. The lowest BCUT2D eigenvalue weighted by Gasteiger charge is -2.13. The molecular weight excluding hydrogens is 362 g/mol.